The minimum atomic E-state index is -0.362. The smallest absolute Gasteiger partial charge is 0.146 e. The van der Waals surface area contributed by atoms with Crippen LogP contribution >= 0.6 is 39.1 Å². The van der Waals surface area contributed by atoms with Crippen LogP contribution in [0.1, 0.15) is 22.1 Å². The summed E-state index contributed by atoms with van der Waals surface area (Å²) in [5.74, 6) is 1.10. The Morgan fingerprint density at radius 1 is 1.10 bits per heavy atom. The van der Waals surface area contributed by atoms with Crippen molar-refractivity contribution in [3.63, 3.8) is 0 Å². The van der Waals surface area contributed by atoms with Gasteiger partial charge in [0.1, 0.15) is 16.5 Å². The highest BCUT2D eigenvalue weighted by Gasteiger charge is 2.21. The number of alkyl halides is 1. The summed E-state index contributed by atoms with van der Waals surface area (Å²) >= 11 is 16.4. The predicted molar refractivity (Wildman–Crippen MR) is 91.1 cm³/mol. The number of halogens is 3. The summed E-state index contributed by atoms with van der Waals surface area (Å²) in [6.07, 6.45) is 0. The first-order chi connectivity index (χ1) is 9.97. The number of hydrogen-bond donors (Lipinski definition) is 0. The van der Waals surface area contributed by atoms with Gasteiger partial charge >= 0.3 is 0 Å². The molecule has 0 aliphatic rings. The molecule has 0 saturated heterocycles. The molecule has 0 bridgehead atoms. The van der Waals surface area contributed by atoms with Gasteiger partial charge in [0.25, 0.3) is 0 Å². The Kier molecular flexibility index (Phi) is 5.42. The lowest BCUT2D eigenvalue weighted by molar-refractivity contribution is 0.392. The fourth-order valence-electron chi connectivity index (χ4n) is 2.21. The van der Waals surface area contributed by atoms with Gasteiger partial charge in [-0.25, -0.2) is 0 Å². The van der Waals surface area contributed by atoms with Crippen molar-refractivity contribution in [1.29, 1.82) is 0 Å². The van der Waals surface area contributed by atoms with Gasteiger partial charge in [0, 0.05) is 10.0 Å². The second kappa shape index (κ2) is 6.91. The van der Waals surface area contributed by atoms with E-state index in [0.29, 0.717) is 16.5 Å². The molecule has 2 nitrogen and oxygen atoms in total. The molecule has 112 valence electrons. The lowest BCUT2D eigenvalue weighted by atomic mass is 10.0. The molecule has 21 heavy (non-hydrogen) atoms. The van der Waals surface area contributed by atoms with Crippen LogP contribution in [-0.2, 0) is 0 Å². The highest BCUT2D eigenvalue weighted by molar-refractivity contribution is 9.10. The second-order valence-corrected chi connectivity index (χ2v) is 6.36. The summed E-state index contributed by atoms with van der Waals surface area (Å²) in [5.41, 5.74) is 2.91. The molecule has 0 aromatic heterocycles. The quantitative estimate of drug-likeness (QED) is 0.619. The van der Waals surface area contributed by atoms with Gasteiger partial charge in [-0.05, 0) is 42.3 Å². The van der Waals surface area contributed by atoms with Crippen molar-refractivity contribution in [2.45, 2.75) is 12.3 Å². The maximum Gasteiger partial charge on any atom is 0.146 e. The van der Waals surface area contributed by atoms with Gasteiger partial charge in [-0.15, -0.1) is 11.6 Å². The van der Waals surface area contributed by atoms with Crippen molar-refractivity contribution in [1.82, 2.24) is 0 Å². The third-order valence-corrected chi connectivity index (χ3v) is 4.45. The Hall–Kier alpha value is -0.900. The molecule has 0 aliphatic carbocycles. The third kappa shape index (κ3) is 3.47. The van der Waals surface area contributed by atoms with Crippen molar-refractivity contribution in [2.75, 3.05) is 14.2 Å². The van der Waals surface area contributed by atoms with Crippen LogP contribution in [0.4, 0.5) is 0 Å². The van der Waals surface area contributed by atoms with Crippen LogP contribution < -0.4 is 9.47 Å². The van der Waals surface area contributed by atoms with E-state index >= 15 is 0 Å². The normalized spacial score (nSPS) is 12.1. The fourth-order valence-corrected chi connectivity index (χ4v) is 3.46. The van der Waals surface area contributed by atoms with Crippen LogP contribution in [0.15, 0.2) is 34.8 Å². The Morgan fingerprint density at radius 2 is 1.81 bits per heavy atom. The molecule has 1 atom stereocenters. The number of rotatable bonds is 4. The first-order valence-corrected chi connectivity index (χ1v) is 7.90. The van der Waals surface area contributed by atoms with Crippen molar-refractivity contribution >= 4 is 39.1 Å². The molecule has 0 N–H and O–H groups in total. The number of methoxy groups -OCH3 is 2. The van der Waals surface area contributed by atoms with E-state index in [0.717, 1.165) is 21.2 Å². The number of aryl methyl sites for hydroxylation is 1. The molecule has 0 saturated carbocycles. The van der Waals surface area contributed by atoms with Gasteiger partial charge in [0.15, 0.2) is 0 Å². The summed E-state index contributed by atoms with van der Waals surface area (Å²) < 4.78 is 11.6. The van der Waals surface area contributed by atoms with E-state index in [1.807, 2.05) is 31.2 Å². The summed E-state index contributed by atoms with van der Waals surface area (Å²) in [6.45, 7) is 2.02. The molecule has 2 aromatic carbocycles. The second-order valence-electron chi connectivity index (χ2n) is 4.63. The van der Waals surface area contributed by atoms with Crippen LogP contribution in [0.5, 0.6) is 11.5 Å². The highest BCUT2D eigenvalue weighted by atomic mass is 79.9. The lowest BCUT2D eigenvalue weighted by Gasteiger charge is -2.18. The number of ether oxygens (including phenoxy) is 2. The van der Waals surface area contributed by atoms with E-state index in [1.54, 1.807) is 20.3 Å². The van der Waals surface area contributed by atoms with Crippen molar-refractivity contribution in [3.8, 4) is 11.5 Å². The average Bonchev–Trinajstić information content (AvgIpc) is 2.45. The molecule has 0 spiro atoms. The first-order valence-electron chi connectivity index (χ1n) is 6.29. The van der Waals surface area contributed by atoms with Gasteiger partial charge in [-0.2, -0.15) is 0 Å². The first kappa shape index (κ1) is 16.5. The zero-order valence-corrected chi connectivity index (χ0v) is 15.0. The largest absolute Gasteiger partial charge is 0.495 e. The Labute approximate surface area is 143 Å². The zero-order chi connectivity index (χ0) is 15.6. The summed E-state index contributed by atoms with van der Waals surface area (Å²) in [4.78, 5) is 0. The minimum absolute atomic E-state index is 0.362. The molecular formula is C16H15BrCl2O2. The predicted octanol–water partition coefficient (Wildman–Crippen LogP) is 5.76. The van der Waals surface area contributed by atoms with E-state index in [4.69, 9.17) is 32.7 Å². The minimum Gasteiger partial charge on any atom is -0.495 e. The Balaban J connectivity index is 2.52. The molecule has 0 amide bonds. The molecule has 0 aliphatic heterocycles. The van der Waals surface area contributed by atoms with E-state index in [9.17, 15) is 0 Å². The van der Waals surface area contributed by atoms with E-state index in [2.05, 4.69) is 15.9 Å². The summed E-state index contributed by atoms with van der Waals surface area (Å²) in [7, 11) is 3.14. The molecule has 5 heteroatoms. The molecule has 1 unspecified atom stereocenters. The van der Waals surface area contributed by atoms with E-state index in [-0.39, 0.29) is 5.38 Å². The molecule has 0 heterocycles. The molecule has 0 radical (unpaired) electrons. The summed E-state index contributed by atoms with van der Waals surface area (Å²) in [5, 5.41) is 0.0643. The van der Waals surface area contributed by atoms with Gasteiger partial charge in [-0.1, -0.05) is 33.6 Å². The van der Waals surface area contributed by atoms with Gasteiger partial charge < -0.3 is 9.47 Å². The summed E-state index contributed by atoms with van der Waals surface area (Å²) in [6, 6.07) is 9.73. The SMILES string of the molecule is COc1ccc(C(Cl)c2cc(C)cc(Br)c2)c(OC)c1Cl. The number of hydrogen-bond acceptors (Lipinski definition) is 2. The van der Waals surface area contributed by atoms with Crippen LogP contribution in [-0.4, -0.2) is 14.2 Å². The molecule has 2 rings (SSSR count). The topological polar surface area (TPSA) is 18.5 Å². The van der Waals surface area contributed by atoms with Crippen LogP contribution in [0.2, 0.25) is 5.02 Å². The Morgan fingerprint density at radius 3 is 2.38 bits per heavy atom. The number of benzene rings is 2. The van der Waals surface area contributed by atoms with Gasteiger partial charge in [0.2, 0.25) is 0 Å². The maximum absolute atomic E-state index is 6.63. The zero-order valence-electron chi connectivity index (χ0n) is 11.9. The van der Waals surface area contributed by atoms with Gasteiger partial charge in [0.05, 0.1) is 19.6 Å². The van der Waals surface area contributed by atoms with E-state index in [1.165, 1.54) is 0 Å². The van der Waals surface area contributed by atoms with Crippen molar-refractivity contribution in [3.05, 3.63) is 56.5 Å². The van der Waals surface area contributed by atoms with Crippen LogP contribution in [0.3, 0.4) is 0 Å². The highest BCUT2D eigenvalue weighted by Crippen LogP contribution is 2.43. The lowest BCUT2D eigenvalue weighted by Crippen LogP contribution is -2.00. The molecule has 2 aromatic rings. The van der Waals surface area contributed by atoms with Crippen LogP contribution in [0.25, 0.3) is 0 Å². The van der Waals surface area contributed by atoms with Crippen LogP contribution in [0, 0.1) is 6.92 Å². The standard InChI is InChI=1S/C16H15BrCl2O2/c1-9-6-10(8-11(17)7-9)14(18)12-4-5-13(20-2)15(19)16(12)21-3/h4-8,14H,1-3H3. The molecular weight excluding hydrogens is 375 g/mol. The Bertz CT molecular complexity index is 639. The van der Waals surface area contributed by atoms with Crippen molar-refractivity contribution < 1.29 is 9.47 Å². The van der Waals surface area contributed by atoms with Crippen molar-refractivity contribution in [2.24, 2.45) is 0 Å². The monoisotopic (exact) mass is 388 g/mol. The van der Waals surface area contributed by atoms with Gasteiger partial charge in [-0.3, -0.25) is 0 Å². The average molecular weight is 390 g/mol. The molecule has 0 fully saturated rings. The third-order valence-electron chi connectivity index (χ3n) is 3.15. The maximum atomic E-state index is 6.63. The fraction of sp³-hybridized carbons (Fsp3) is 0.250. The van der Waals surface area contributed by atoms with E-state index < -0.39 is 0 Å².